The molecule has 0 aliphatic carbocycles. The summed E-state index contributed by atoms with van der Waals surface area (Å²) in [5.74, 6) is 0. The smallest absolute Gasteiger partial charge is 0.302 e. The van der Waals surface area contributed by atoms with Crippen molar-refractivity contribution in [2.24, 2.45) is 0 Å². The van der Waals surface area contributed by atoms with Crippen molar-refractivity contribution in [3.8, 4) is 0 Å². The van der Waals surface area contributed by atoms with E-state index in [1.165, 1.54) is 5.06 Å². The van der Waals surface area contributed by atoms with E-state index in [0.29, 0.717) is 0 Å². The van der Waals surface area contributed by atoms with Crippen LogP contribution in [0.15, 0.2) is 0 Å². The largest absolute Gasteiger partial charge is 0.486 e. The Labute approximate surface area is 72.5 Å². The van der Waals surface area contributed by atoms with Crippen LogP contribution in [0, 0.1) is 0 Å². The van der Waals surface area contributed by atoms with E-state index in [2.05, 4.69) is 4.62 Å². The second-order valence-electron chi connectivity index (χ2n) is 3.12. The zero-order valence-electron chi connectivity index (χ0n) is 7.76. The van der Waals surface area contributed by atoms with E-state index in [9.17, 15) is 4.57 Å². The Bertz CT molecular complexity index is 168. The summed E-state index contributed by atoms with van der Waals surface area (Å²) in [4.78, 5) is 17.1. The molecule has 0 saturated carbocycles. The van der Waals surface area contributed by atoms with Crippen LogP contribution in [0.3, 0.4) is 0 Å². The first-order valence-electron chi connectivity index (χ1n) is 3.77. The highest BCUT2D eigenvalue weighted by molar-refractivity contribution is 7.46. The van der Waals surface area contributed by atoms with Gasteiger partial charge in [0.1, 0.15) is 0 Å². The molecule has 0 aromatic carbocycles. The Hall–Kier alpha value is 0.0700. The second kappa shape index (κ2) is 4.35. The maximum Gasteiger partial charge on any atom is 0.486 e. The third-order valence-electron chi connectivity index (χ3n) is 1.22. The van der Waals surface area contributed by atoms with Crippen LogP contribution in [0.2, 0.25) is 0 Å². The average Bonchev–Trinajstić information content (AvgIpc) is 1.79. The number of nitrogens with zero attached hydrogens (tertiary/aromatic N) is 1. The van der Waals surface area contributed by atoms with Gasteiger partial charge in [-0.25, -0.2) is 4.57 Å². The fourth-order valence-corrected chi connectivity index (χ4v) is 1.53. The van der Waals surface area contributed by atoms with Crippen molar-refractivity contribution in [2.45, 2.75) is 39.8 Å². The molecule has 0 radical (unpaired) electrons. The van der Waals surface area contributed by atoms with Gasteiger partial charge in [0.25, 0.3) is 0 Å². The lowest BCUT2D eigenvalue weighted by molar-refractivity contribution is -0.128. The molecule has 0 aliphatic heterocycles. The van der Waals surface area contributed by atoms with E-state index in [0.717, 1.165) is 0 Å². The molecule has 0 saturated heterocycles. The first kappa shape index (κ1) is 12.1. The van der Waals surface area contributed by atoms with Gasteiger partial charge in [-0.2, -0.15) is 9.69 Å². The highest BCUT2D eigenvalue weighted by Gasteiger charge is 2.24. The van der Waals surface area contributed by atoms with Crippen LogP contribution >= 0.6 is 7.82 Å². The SMILES string of the molecule is CC(C)N(OP(=O)(O)O)C(C)C. The van der Waals surface area contributed by atoms with Crippen LogP contribution in [0.1, 0.15) is 27.7 Å². The predicted octanol–water partition coefficient (Wildman–Crippen LogP) is 1.13. The van der Waals surface area contributed by atoms with E-state index in [1.807, 2.05) is 0 Å². The molecule has 0 heterocycles. The summed E-state index contributed by atoms with van der Waals surface area (Å²) in [5, 5.41) is 1.28. The van der Waals surface area contributed by atoms with Crippen molar-refractivity contribution in [1.82, 2.24) is 5.06 Å². The van der Waals surface area contributed by atoms with Crippen LogP contribution in [-0.2, 0) is 9.19 Å². The molecule has 0 fully saturated rings. The maximum atomic E-state index is 10.5. The first-order valence-corrected chi connectivity index (χ1v) is 5.30. The molecule has 0 amide bonds. The van der Waals surface area contributed by atoms with Gasteiger partial charge in [-0.05, 0) is 27.7 Å². The number of phosphoric acid groups is 1. The minimum Gasteiger partial charge on any atom is -0.302 e. The van der Waals surface area contributed by atoms with Crippen molar-refractivity contribution in [3.05, 3.63) is 0 Å². The van der Waals surface area contributed by atoms with Crippen LogP contribution in [-0.4, -0.2) is 26.9 Å². The van der Waals surface area contributed by atoms with E-state index in [-0.39, 0.29) is 12.1 Å². The fraction of sp³-hybridized carbons (Fsp3) is 1.00. The summed E-state index contributed by atoms with van der Waals surface area (Å²) in [6, 6.07) is -0.116. The van der Waals surface area contributed by atoms with Crippen molar-refractivity contribution in [2.75, 3.05) is 0 Å². The first-order chi connectivity index (χ1) is 5.24. The lowest BCUT2D eigenvalue weighted by atomic mass is 10.3. The van der Waals surface area contributed by atoms with E-state index in [1.54, 1.807) is 27.7 Å². The molecule has 0 spiro atoms. The molecule has 5 nitrogen and oxygen atoms in total. The van der Waals surface area contributed by atoms with Crippen LogP contribution in [0.25, 0.3) is 0 Å². The lowest BCUT2D eigenvalue weighted by Gasteiger charge is -2.28. The Kier molecular flexibility index (Phi) is 4.37. The minimum atomic E-state index is -4.40. The van der Waals surface area contributed by atoms with Gasteiger partial charge in [0, 0.05) is 12.1 Å². The molecular formula is C6H16NO4P. The maximum absolute atomic E-state index is 10.5. The van der Waals surface area contributed by atoms with Crippen molar-refractivity contribution < 1.29 is 19.0 Å². The van der Waals surface area contributed by atoms with Gasteiger partial charge in [-0.15, -0.1) is 0 Å². The number of hydroxylamine groups is 2. The van der Waals surface area contributed by atoms with Crippen LogP contribution in [0.5, 0.6) is 0 Å². The molecule has 0 atom stereocenters. The molecule has 12 heavy (non-hydrogen) atoms. The highest BCUT2D eigenvalue weighted by atomic mass is 31.2. The summed E-state index contributed by atoms with van der Waals surface area (Å²) in [6.45, 7) is 7.20. The van der Waals surface area contributed by atoms with Crippen molar-refractivity contribution in [3.63, 3.8) is 0 Å². The fourth-order valence-electron chi connectivity index (χ4n) is 0.908. The van der Waals surface area contributed by atoms with Gasteiger partial charge in [0.05, 0.1) is 0 Å². The Morgan fingerprint density at radius 3 is 1.58 bits per heavy atom. The van der Waals surface area contributed by atoms with Gasteiger partial charge < -0.3 is 9.79 Å². The van der Waals surface area contributed by atoms with Gasteiger partial charge in [0.15, 0.2) is 0 Å². The summed E-state index contributed by atoms with van der Waals surface area (Å²) >= 11 is 0. The molecule has 0 rings (SSSR count). The van der Waals surface area contributed by atoms with Crippen LogP contribution < -0.4 is 0 Å². The molecule has 0 aliphatic rings. The molecule has 74 valence electrons. The number of hydrogen-bond donors (Lipinski definition) is 2. The van der Waals surface area contributed by atoms with Gasteiger partial charge in [-0.3, -0.25) is 0 Å². The summed E-state index contributed by atoms with van der Waals surface area (Å²) in [7, 11) is -4.40. The zero-order valence-corrected chi connectivity index (χ0v) is 8.65. The molecule has 6 heteroatoms. The monoisotopic (exact) mass is 197 g/mol. The molecule has 0 aromatic heterocycles. The normalized spacial score (nSPS) is 13.4. The van der Waals surface area contributed by atoms with Gasteiger partial charge in [-0.1, -0.05) is 0 Å². The predicted molar refractivity (Wildman–Crippen MR) is 45.2 cm³/mol. The quantitative estimate of drug-likeness (QED) is 0.522. The number of rotatable bonds is 4. The van der Waals surface area contributed by atoms with Crippen LogP contribution in [0.4, 0.5) is 0 Å². The Morgan fingerprint density at radius 2 is 1.50 bits per heavy atom. The third-order valence-corrected chi connectivity index (χ3v) is 1.62. The van der Waals surface area contributed by atoms with Crippen molar-refractivity contribution >= 4 is 7.82 Å². The summed E-state index contributed by atoms with van der Waals surface area (Å²) in [6.07, 6.45) is 0. The van der Waals surface area contributed by atoms with Crippen molar-refractivity contribution in [1.29, 1.82) is 0 Å². The minimum absolute atomic E-state index is 0.0578. The molecule has 0 unspecified atom stereocenters. The van der Waals surface area contributed by atoms with Gasteiger partial charge >= 0.3 is 7.82 Å². The topological polar surface area (TPSA) is 70.0 Å². The Morgan fingerprint density at radius 1 is 1.17 bits per heavy atom. The third kappa shape index (κ3) is 4.85. The second-order valence-corrected chi connectivity index (χ2v) is 4.26. The van der Waals surface area contributed by atoms with E-state index in [4.69, 9.17) is 9.79 Å². The van der Waals surface area contributed by atoms with E-state index >= 15 is 0 Å². The summed E-state index contributed by atoms with van der Waals surface area (Å²) < 4.78 is 14.9. The standard InChI is InChI=1S/C6H16NO4P/c1-5(2)7(6(3)4)11-12(8,9)10/h5-6H,1-4H3,(H2,8,9,10). The molecule has 0 bridgehead atoms. The lowest BCUT2D eigenvalue weighted by Crippen LogP contribution is -2.35. The Balaban J connectivity index is 4.25. The highest BCUT2D eigenvalue weighted by Crippen LogP contribution is 2.38. The zero-order chi connectivity index (χ0) is 9.94. The number of hydrogen-bond acceptors (Lipinski definition) is 3. The van der Waals surface area contributed by atoms with E-state index < -0.39 is 7.82 Å². The average molecular weight is 197 g/mol. The molecular weight excluding hydrogens is 181 g/mol. The molecule has 2 N–H and O–H groups in total. The summed E-state index contributed by atoms with van der Waals surface area (Å²) in [5.41, 5.74) is 0. The molecule has 0 aromatic rings. The van der Waals surface area contributed by atoms with Gasteiger partial charge in [0.2, 0.25) is 0 Å².